The fraction of sp³-hybridized carbons (Fsp3) is 0.467. The first kappa shape index (κ1) is 20.7. The third-order valence-corrected chi connectivity index (χ3v) is 3.98. The van der Waals surface area contributed by atoms with E-state index in [1.165, 1.54) is 0 Å². The van der Waals surface area contributed by atoms with Gasteiger partial charge >= 0.3 is 0 Å². The van der Waals surface area contributed by atoms with Crippen LogP contribution in [-0.4, -0.2) is 17.4 Å². The molecule has 0 fully saturated rings. The number of fused-ring (bicyclic) bond motifs is 1. The van der Waals surface area contributed by atoms with Gasteiger partial charge in [-0.2, -0.15) is 0 Å². The molecule has 0 unspecified atom stereocenters. The highest BCUT2D eigenvalue weighted by atomic mass is 35.5. The van der Waals surface area contributed by atoms with E-state index in [0.29, 0.717) is 12.4 Å². The van der Waals surface area contributed by atoms with E-state index in [1.54, 1.807) is 6.92 Å². The number of oxazole rings is 1. The molecule has 1 aromatic heterocycles. The third kappa shape index (κ3) is 3.91. The quantitative estimate of drug-likeness (QED) is 0.864. The Bertz CT molecular complexity index is 616. The highest BCUT2D eigenvalue weighted by Crippen LogP contribution is 2.28. The van der Waals surface area contributed by atoms with Crippen molar-refractivity contribution in [3.8, 4) is 0 Å². The predicted octanol–water partition coefficient (Wildman–Crippen LogP) is 3.68. The minimum absolute atomic E-state index is 0. The number of benzene rings is 1. The summed E-state index contributed by atoms with van der Waals surface area (Å²) in [5.41, 5.74) is 7.46. The number of nitrogens with two attached hydrogens (primary N) is 1. The molecule has 0 atom stereocenters. The summed E-state index contributed by atoms with van der Waals surface area (Å²) in [6.45, 7) is 6.11. The average molecular weight is 348 g/mol. The molecule has 5 nitrogen and oxygen atoms in total. The number of aryl methyl sites for hydroxylation is 1. The van der Waals surface area contributed by atoms with Crippen molar-refractivity contribution in [2.24, 2.45) is 11.1 Å². The van der Waals surface area contributed by atoms with E-state index in [4.69, 9.17) is 10.2 Å². The molecule has 124 valence electrons. The van der Waals surface area contributed by atoms with Gasteiger partial charge in [-0.3, -0.25) is 4.79 Å². The van der Waals surface area contributed by atoms with Gasteiger partial charge in [-0.15, -0.1) is 24.8 Å². The Balaban J connectivity index is 0.00000220. The number of aromatic nitrogens is 1. The molecule has 0 aliphatic carbocycles. The summed E-state index contributed by atoms with van der Waals surface area (Å²) in [5, 5.41) is 2.94. The van der Waals surface area contributed by atoms with E-state index in [2.05, 4.69) is 10.3 Å². The Hall–Kier alpha value is -1.30. The second-order valence-electron chi connectivity index (χ2n) is 5.06. The summed E-state index contributed by atoms with van der Waals surface area (Å²) < 4.78 is 5.41. The molecular weight excluding hydrogens is 325 g/mol. The van der Waals surface area contributed by atoms with E-state index >= 15 is 0 Å². The number of nitrogens with zero attached hydrogens (tertiary/aromatic N) is 1. The summed E-state index contributed by atoms with van der Waals surface area (Å²) in [7, 11) is 0. The topological polar surface area (TPSA) is 81.2 Å². The van der Waals surface area contributed by atoms with Crippen molar-refractivity contribution >= 4 is 47.5 Å². The van der Waals surface area contributed by atoms with Crippen LogP contribution in [-0.2, 0) is 4.79 Å². The Kier molecular flexibility index (Phi) is 7.87. The first-order valence-electron chi connectivity index (χ1n) is 6.93. The lowest BCUT2D eigenvalue weighted by Crippen LogP contribution is -2.41. The maximum absolute atomic E-state index is 12.4. The number of halogens is 2. The monoisotopic (exact) mass is 347 g/mol. The maximum atomic E-state index is 12.4. The van der Waals surface area contributed by atoms with Crippen molar-refractivity contribution in [2.45, 2.75) is 33.6 Å². The maximum Gasteiger partial charge on any atom is 0.231 e. The van der Waals surface area contributed by atoms with E-state index in [9.17, 15) is 4.79 Å². The van der Waals surface area contributed by atoms with Gasteiger partial charge in [0, 0.05) is 19.2 Å². The lowest BCUT2D eigenvalue weighted by atomic mass is 9.81. The van der Waals surface area contributed by atoms with E-state index in [1.807, 2.05) is 32.0 Å². The summed E-state index contributed by atoms with van der Waals surface area (Å²) in [6.07, 6.45) is 1.44. The van der Waals surface area contributed by atoms with Crippen molar-refractivity contribution in [3.05, 3.63) is 24.1 Å². The molecule has 1 amide bonds. The molecule has 0 aliphatic rings. The van der Waals surface area contributed by atoms with Crippen LogP contribution in [0.3, 0.4) is 0 Å². The van der Waals surface area contributed by atoms with Crippen LogP contribution in [0.5, 0.6) is 0 Å². The van der Waals surface area contributed by atoms with Gasteiger partial charge in [-0.25, -0.2) is 4.98 Å². The van der Waals surface area contributed by atoms with Gasteiger partial charge in [-0.05, 0) is 31.0 Å². The van der Waals surface area contributed by atoms with Crippen LogP contribution in [0.15, 0.2) is 22.6 Å². The summed E-state index contributed by atoms with van der Waals surface area (Å²) in [4.78, 5) is 16.7. The number of nitrogens with one attached hydrogen (secondary N) is 1. The summed E-state index contributed by atoms with van der Waals surface area (Å²) in [6, 6.07) is 5.45. The molecule has 1 heterocycles. The zero-order valence-electron chi connectivity index (χ0n) is 13.0. The van der Waals surface area contributed by atoms with Crippen LogP contribution in [0, 0.1) is 12.3 Å². The first-order chi connectivity index (χ1) is 9.54. The highest BCUT2D eigenvalue weighted by molar-refractivity contribution is 5.96. The van der Waals surface area contributed by atoms with Crippen LogP contribution < -0.4 is 11.1 Å². The number of anilines is 1. The summed E-state index contributed by atoms with van der Waals surface area (Å²) in [5.74, 6) is 0.575. The van der Waals surface area contributed by atoms with Gasteiger partial charge in [0.2, 0.25) is 5.91 Å². The zero-order chi connectivity index (χ0) is 14.8. The van der Waals surface area contributed by atoms with Crippen LogP contribution in [0.1, 0.15) is 32.6 Å². The molecule has 7 heteroatoms. The van der Waals surface area contributed by atoms with Gasteiger partial charge in [0.05, 0.1) is 5.41 Å². The number of hydrogen-bond acceptors (Lipinski definition) is 4. The minimum Gasteiger partial charge on any atom is -0.441 e. The molecule has 2 aromatic rings. The first-order valence-corrected chi connectivity index (χ1v) is 6.93. The SMILES string of the molecule is CCC(CC)(CN)C(=O)Nc1ccc2oc(C)nc2c1.Cl.Cl. The lowest BCUT2D eigenvalue weighted by molar-refractivity contribution is -0.125. The lowest BCUT2D eigenvalue weighted by Gasteiger charge is -2.28. The normalized spacial score (nSPS) is 10.7. The fourth-order valence-corrected chi connectivity index (χ4v) is 2.34. The van der Waals surface area contributed by atoms with Gasteiger partial charge < -0.3 is 15.5 Å². The van der Waals surface area contributed by atoms with Crippen molar-refractivity contribution in [1.82, 2.24) is 4.98 Å². The van der Waals surface area contributed by atoms with Crippen molar-refractivity contribution in [2.75, 3.05) is 11.9 Å². The zero-order valence-corrected chi connectivity index (χ0v) is 14.6. The van der Waals surface area contributed by atoms with E-state index in [-0.39, 0.29) is 30.7 Å². The molecule has 3 N–H and O–H groups in total. The molecule has 2 rings (SSSR count). The predicted molar refractivity (Wildman–Crippen MR) is 93.9 cm³/mol. The molecular formula is C15H23Cl2N3O2. The second kappa shape index (κ2) is 8.36. The van der Waals surface area contributed by atoms with Crippen molar-refractivity contribution in [1.29, 1.82) is 0 Å². The largest absolute Gasteiger partial charge is 0.441 e. The highest BCUT2D eigenvalue weighted by Gasteiger charge is 2.33. The Labute approximate surface area is 142 Å². The molecule has 1 aromatic carbocycles. The Morgan fingerprint density at radius 1 is 1.32 bits per heavy atom. The Morgan fingerprint density at radius 2 is 1.95 bits per heavy atom. The Morgan fingerprint density at radius 3 is 2.50 bits per heavy atom. The van der Waals surface area contributed by atoms with Gasteiger partial charge in [0.25, 0.3) is 0 Å². The van der Waals surface area contributed by atoms with Gasteiger partial charge in [0.15, 0.2) is 11.5 Å². The smallest absolute Gasteiger partial charge is 0.231 e. The van der Waals surface area contributed by atoms with Crippen LogP contribution in [0.4, 0.5) is 5.69 Å². The fourth-order valence-electron chi connectivity index (χ4n) is 2.34. The molecule has 0 radical (unpaired) electrons. The van der Waals surface area contributed by atoms with Crippen molar-refractivity contribution in [3.63, 3.8) is 0 Å². The number of carbonyl (C=O) groups is 1. The number of rotatable bonds is 5. The minimum atomic E-state index is -0.505. The third-order valence-electron chi connectivity index (χ3n) is 3.98. The van der Waals surface area contributed by atoms with Crippen LogP contribution >= 0.6 is 24.8 Å². The average Bonchev–Trinajstić information content (AvgIpc) is 2.81. The van der Waals surface area contributed by atoms with Crippen molar-refractivity contribution < 1.29 is 9.21 Å². The number of carbonyl (C=O) groups excluding carboxylic acids is 1. The second-order valence-corrected chi connectivity index (χ2v) is 5.06. The van der Waals surface area contributed by atoms with Crippen LogP contribution in [0.25, 0.3) is 11.1 Å². The number of hydrogen-bond donors (Lipinski definition) is 2. The molecule has 0 saturated heterocycles. The van der Waals surface area contributed by atoms with E-state index < -0.39 is 5.41 Å². The van der Waals surface area contributed by atoms with E-state index in [0.717, 1.165) is 29.6 Å². The molecule has 0 saturated carbocycles. The molecule has 0 bridgehead atoms. The van der Waals surface area contributed by atoms with Gasteiger partial charge in [-0.1, -0.05) is 13.8 Å². The molecule has 22 heavy (non-hydrogen) atoms. The van der Waals surface area contributed by atoms with Gasteiger partial charge in [0.1, 0.15) is 5.52 Å². The molecule has 0 aliphatic heterocycles. The summed E-state index contributed by atoms with van der Waals surface area (Å²) >= 11 is 0. The van der Waals surface area contributed by atoms with Crippen LogP contribution in [0.2, 0.25) is 0 Å². The number of amides is 1. The standard InChI is InChI=1S/C15H21N3O2.2ClH/c1-4-15(5-2,9-16)14(19)18-11-6-7-13-12(8-11)17-10(3)20-13;;/h6-8H,4-5,9,16H2,1-3H3,(H,18,19);2*1H. The molecule has 0 spiro atoms.